The fourth-order valence-corrected chi connectivity index (χ4v) is 3.40. The Bertz CT molecular complexity index is 388. The Balaban J connectivity index is 2.09. The molecule has 3 nitrogen and oxygen atoms in total. The molecule has 1 aliphatic rings. The van der Waals surface area contributed by atoms with E-state index in [1.54, 1.807) is 11.3 Å². The van der Waals surface area contributed by atoms with E-state index in [4.69, 9.17) is 0 Å². The van der Waals surface area contributed by atoms with Crippen LogP contribution >= 0.6 is 27.3 Å². The summed E-state index contributed by atoms with van der Waals surface area (Å²) in [4.78, 5) is 14.4. The number of hydrogen-bond donors (Lipinski definition) is 1. The number of carbonyl (C=O) groups is 1. The lowest BCUT2D eigenvalue weighted by atomic mass is 10.0. The fraction of sp³-hybridized carbons (Fsp3) is 0.583. The highest BCUT2D eigenvalue weighted by molar-refractivity contribution is 9.11. The number of halogens is 1. The van der Waals surface area contributed by atoms with Gasteiger partial charge in [-0.15, -0.1) is 11.3 Å². The number of amides is 1. The molecule has 0 unspecified atom stereocenters. The molecular formula is C12H17BrN2OS. The Morgan fingerprint density at radius 1 is 1.59 bits per heavy atom. The standard InChI is InChI=1S/C12H17BrN2OS/c1-2-15(10-3-5-14-6-4-10)12(16)9-7-11(13)17-8-9/h7-8,10,14H,2-6H2,1H3. The molecule has 0 saturated carbocycles. The predicted molar refractivity (Wildman–Crippen MR) is 74.6 cm³/mol. The largest absolute Gasteiger partial charge is 0.336 e. The third kappa shape index (κ3) is 3.09. The summed E-state index contributed by atoms with van der Waals surface area (Å²) >= 11 is 4.97. The van der Waals surface area contributed by atoms with Gasteiger partial charge >= 0.3 is 0 Å². The van der Waals surface area contributed by atoms with Crippen LogP contribution in [0, 0.1) is 0 Å². The molecule has 1 aromatic rings. The average Bonchev–Trinajstić information content (AvgIpc) is 2.78. The lowest BCUT2D eigenvalue weighted by Crippen LogP contribution is -2.45. The molecule has 0 bridgehead atoms. The van der Waals surface area contributed by atoms with E-state index < -0.39 is 0 Å². The van der Waals surface area contributed by atoms with E-state index in [9.17, 15) is 4.79 Å². The van der Waals surface area contributed by atoms with E-state index in [1.165, 1.54) is 0 Å². The Labute approximate surface area is 114 Å². The second kappa shape index (κ2) is 5.98. The van der Waals surface area contributed by atoms with Crippen LogP contribution < -0.4 is 5.32 Å². The topological polar surface area (TPSA) is 32.3 Å². The molecule has 1 aliphatic heterocycles. The van der Waals surface area contributed by atoms with Crippen LogP contribution in [0.4, 0.5) is 0 Å². The molecule has 2 rings (SSSR count). The van der Waals surface area contributed by atoms with E-state index in [2.05, 4.69) is 28.2 Å². The second-order valence-corrected chi connectivity index (χ2v) is 6.50. The number of piperidine rings is 1. The Morgan fingerprint density at radius 3 is 2.82 bits per heavy atom. The Morgan fingerprint density at radius 2 is 2.29 bits per heavy atom. The van der Waals surface area contributed by atoms with Crippen LogP contribution in [0.15, 0.2) is 15.2 Å². The van der Waals surface area contributed by atoms with E-state index in [0.29, 0.717) is 6.04 Å². The lowest BCUT2D eigenvalue weighted by molar-refractivity contribution is 0.0656. The van der Waals surface area contributed by atoms with Crippen molar-refractivity contribution >= 4 is 33.2 Å². The summed E-state index contributed by atoms with van der Waals surface area (Å²) in [6.45, 7) is 4.88. The highest BCUT2D eigenvalue weighted by Crippen LogP contribution is 2.23. The van der Waals surface area contributed by atoms with Gasteiger partial charge in [0.15, 0.2) is 0 Å². The molecule has 1 fully saturated rings. The molecule has 1 aromatic heterocycles. The molecule has 0 radical (unpaired) electrons. The van der Waals surface area contributed by atoms with Gasteiger partial charge < -0.3 is 10.2 Å². The number of thiophene rings is 1. The Kier molecular flexibility index (Phi) is 4.59. The second-order valence-electron chi connectivity index (χ2n) is 4.21. The summed E-state index contributed by atoms with van der Waals surface area (Å²) in [5.41, 5.74) is 0.808. The van der Waals surface area contributed by atoms with Gasteiger partial charge in [-0.05, 0) is 54.9 Å². The number of hydrogen-bond acceptors (Lipinski definition) is 3. The van der Waals surface area contributed by atoms with Crippen LogP contribution in [0.5, 0.6) is 0 Å². The molecule has 1 saturated heterocycles. The van der Waals surface area contributed by atoms with E-state index >= 15 is 0 Å². The van der Waals surface area contributed by atoms with Crippen LogP contribution in [0.2, 0.25) is 0 Å². The Hall–Kier alpha value is -0.390. The minimum atomic E-state index is 0.168. The first-order chi connectivity index (χ1) is 8.22. The maximum absolute atomic E-state index is 12.4. The van der Waals surface area contributed by atoms with Crippen LogP contribution in [-0.4, -0.2) is 36.5 Å². The van der Waals surface area contributed by atoms with Gasteiger partial charge in [0.1, 0.15) is 0 Å². The summed E-state index contributed by atoms with van der Waals surface area (Å²) in [5.74, 6) is 0.168. The number of nitrogens with one attached hydrogen (secondary N) is 1. The van der Waals surface area contributed by atoms with E-state index in [0.717, 1.165) is 41.8 Å². The highest BCUT2D eigenvalue weighted by Gasteiger charge is 2.25. The maximum atomic E-state index is 12.4. The van der Waals surface area contributed by atoms with Crippen molar-refractivity contribution in [3.05, 3.63) is 20.8 Å². The quantitative estimate of drug-likeness (QED) is 0.930. The minimum Gasteiger partial charge on any atom is -0.336 e. The summed E-state index contributed by atoms with van der Waals surface area (Å²) in [7, 11) is 0. The molecule has 1 N–H and O–H groups in total. The van der Waals surface area contributed by atoms with Gasteiger partial charge in [0.25, 0.3) is 5.91 Å². The monoisotopic (exact) mass is 316 g/mol. The summed E-state index contributed by atoms with van der Waals surface area (Å²) in [6, 6.07) is 2.31. The first kappa shape index (κ1) is 13.1. The third-order valence-electron chi connectivity index (χ3n) is 3.17. The lowest BCUT2D eigenvalue weighted by Gasteiger charge is -2.33. The molecule has 0 atom stereocenters. The SMILES string of the molecule is CCN(C(=O)c1csc(Br)c1)C1CCNCC1. The maximum Gasteiger partial charge on any atom is 0.254 e. The van der Waals surface area contributed by atoms with Gasteiger partial charge in [0.2, 0.25) is 0 Å². The van der Waals surface area contributed by atoms with Crippen molar-refractivity contribution in [3.63, 3.8) is 0 Å². The van der Waals surface area contributed by atoms with E-state index in [1.807, 2.05) is 16.3 Å². The number of carbonyl (C=O) groups excluding carboxylic acids is 1. The summed E-state index contributed by atoms with van der Waals surface area (Å²) in [6.07, 6.45) is 2.12. The molecular weight excluding hydrogens is 300 g/mol. The van der Waals surface area contributed by atoms with E-state index in [-0.39, 0.29) is 5.91 Å². The number of nitrogens with zero attached hydrogens (tertiary/aromatic N) is 1. The molecule has 94 valence electrons. The first-order valence-corrected chi connectivity index (χ1v) is 7.65. The van der Waals surface area contributed by atoms with Crippen LogP contribution in [0.3, 0.4) is 0 Å². The fourth-order valence-electron chi connectivity index (χ4n) is 2.27. The van der Waals surface area contributed by atoms with Crippen molar-refractivity contribution in [2.75, 3.05) is 19.6 Å². The molecule has 0 spiro atoms. The minimum absolute atomic E-state index is 0.168. The van der Waals surface area contributed by atoms with Gasteiger partial charge in [-0.1, -0.05) is 0 Å². The van der Waals surface area contributed by atoms with Crippen molar-refractivity contribution in [1.82, 2.24) is 10.2 Å². The highest BCUT2D eigenvalue weighted by atomic mass is 79.9. The third-order valence-corrected chi connectivity index (χ3v) is 4.67. The van der Waals surface area contributed by atoms with Crippen molar-refractivity contribution in [2.24, 2.45) is 0 Å². The van der Waals surface area contributed by atoms with Crippen molar-refractivity contribution in [1.29, 1.82) is 0 Å². The number of rotatable bonds is 3. The summed E-state index contributed by atoms with van der Waals surface area (Å²) < 4.78 is 1.02. The molecule has 0 aliphatic carbocycles. The summed E-state index contributed by atoms with van der Waals surface area (Å²) in [5, 5.41) is 5.26. The average molecular weight is 317 g/mol. The zero-order valence-corrected chi connectivity index (χ0v) is 12.3. The molecule has 2 heterocycles. The van der Waals surface area contributed by atoms with Gasteiger partial charge in [0, 0.05) is 18.0 Å². The van der Waals surface area contributed by atoms with Gasteiger partial charge in [-0.25, -0.2) is 0 Å². The molecule has 0 aromatic carbocycles. The zero-order chi connectivity index (χ0) is 12.3. The van der Waals surface area contributed by atoms with Crippen LogP contribution in [-0.2, 0) is 0 Å². The molecule has 17 heavy (non-hydrogen) atoms. The smallest absolute Gasteiger partial charge is 0.254 e. The zero-order valence-electron chi connectivity index (χ0n) is 9.91. The van der Waals surface area contributed by atoms with Gasteiger partial charge in [-0.2, -0.15) is 0 Å². The molecule has 1 amide bonds. The normalized spacial score (nSPS) is 17.1. The van der Waals surface area contributed by atoms with Crippen LogP contribution in [0.25, 0.3) is 0 Å². The first-order valence-electron chi connectivity index (χ1n) is 5.98. The van der Waals surface area contributed by atoms with Gasteiger partial charge in [0.05, 0.1) is 9.35 Å². The van der Waals surface area contributed by atoms with Crippen LogP contribution in [0.1, 0.15) is 30.1 Å². The van der Waals surface area contributed by atoms with Gasteiger partial charge in [-0.3, -0.25) is 4.79 Å². The van der Waals surface area contributed by atoms with Crippen molar-refractivity contribution < 1.29 is 4.79 Å². The molecule has 5 heteroatoms. The van der Waals surface area contributed by atoms with Crippen molar-refractivity contribution in [2.45, 2.75) is 25.8 Å². The predicted octanol–water partition coefficient (Wildman–Crippen LogP) is 2.72. The van der Waals surface area contributed by atoms with Crippen molar-refractivity contribution in [3.8, 4) is 0 Å².